The number of aliphatic hydroxyl groups excluding tert-OH is 4. The lowest BCUT2D eigenvalue weighted by atomic mass is 10.1. The van der Waals surface area contributed by atoms with Crippen LogP contribution >= 0.6 is 0 Å². The van der Waals surface area contributed by atoms with Gasteiger partial charge in [0.25, 0.3) is 10.1 Å². The Labute approximate surface area is 475 Å². The number of aliphatic hydroxyl groups is 4. The van der Waals surface area contributed by atoms with E-state index in [1.165, 1.54) is 6.42 Å². The summed E-state index contributed by atoms with van der Waals surface area (Å²) in [6.07, 6.45) is 3.74. The number of ketones is 2. The zero-order valence-electron chi connectivity index (χ0n) is 52.8. The van der Waals surface area contributed by atoms with Crippen LogP contribution < -0.4 is 5.73 Å². The number of nitrogens with two attached hydrogens (primary N) is 1. The number of amides is 2. The zero-order chi connectivity index (χ0) is 62.8. The van der Waals surface area contributed by atoms with Crippen molar-refractivity contribution in [3.8, 4) is 0 Å². The zero-order valence-corrected chi connectivity index (χ0v) is 53.7. The largest absolute Gasteiger partial charge is 0.481 e. The van der Waals surface area contributed by atoms with Crippen molar-refractivity contribution in [3.63, 3.8) is 0 Å². The van der Waals surface area contributed by atoms with E-state index in [2.05, 4.69) is 41.5 Å². The van der Waals surface area contributed by atoms with Crippen molar-refractivity contribution < 1.29 is 86.2 Å². The van der Waals surface area contributed by atoms with Crippen LogP contribution in [0.3, 0.4) is 0 Å². The van der Waals surface area contributed by atoms with Crippen molar-refractivity contribution in [2.24, 2.45) is 59.0 Å². The Kier molecular flexibility index (Phi) is 76.6. The minimum Gasteiger partial charge on any atom is -0.481 e. The van der Waals surface area contributed by atoms with E-state index in [1.807, 2.05) is 88.0 Å². The monoisotopic (exact) mass is 1150 g/mol. The summed E-state index contributed by atoms with van der Waals surface area (Å²) in [4.78, 5) is 55.0. The molecule has 1 unspecified atom stereocenters. The number of primary amides is 1. The topological polar surface area (TPSA) is 316 Å². The molecule has 8 N–H and O–H groups in total. The van der Waals surface area contributed by atoms with Crippen molar-refractivity contribution in [1.29, 1.82) is 0 Å². The Hall–Kier alpha value is -2.70. The molecule has 20 nitrogen and oxygen atoms in total. The number of Topliss-reactive ketones (excluding diaryl/α,β-unsaturated/α-hetero) is 2. The molecule has 1 heterocycles. The van der Waals surface area contributed by atoms with Crippen LogP contribution in [0.25, 0.3) is 0 Å². The molecular weight excluding hydrogens is 1030 g/mol. The van der Waals surface area contributed by atoms with Gasteiger partial charge in [-0.3, -0.25) is 28.5 Å². The van der Waals surface area contributed by atoms with E-state index in [0.29, 0.717) is 82.6 Å². The molecule has 1 saturated heterocycles. The van der Waals surface area contributed by atoms with Crippen LogP contribution in [0.1, 0.15) is 177 Å². The van der Waals surface area contributed by atoms with Crippen LogP contribution in [0.15, 0.2) is 0 Å². The highest BCUT2D eigenvalue weighted by atomic mass is 32.2. The fraction of sp³-hybridized carbons (Fsp3) is 0.912. The lowest BCUT2D eigenvalue weighted by Gasteiger charge is -2.27. The molecular formula is C57H122N2O18S. The summed E-state index contributed by atoms with van der Waals surface area (Å²) in [7, 11) is -3.72. The van der Waals surface area contributed by atoms with Gasteiger partial charge >= 0.3 is 5.97 Å². The van der Waals surface area contributed by atoms with E-state index >= 15 is 0 Å². The molecule has 1 aliphatic rings. The second-order valence-electron chi connectivity index (χ2n) is 21.8. The van der Waals surface area contributed by atoms with E-state index in [0.717, 1.165) is 38.6 Å². The van der Waals surface area contributed by atoms with Crippen LogP contribution in [-0.4, -0.2) is 184 Å². The number of rotatable bonds is 29. The van der Waals surface area contributed by atoms with Gasteiger partial charge in [0.1, 0.15) is 13.2 Å². The number of carboxylic acid groups (broad SMARTS) is 1. The van der Waals surface area contributed by atoms with Crippen molar-refractivity contribution in [2.75, 3.05) is 105 Å². The number of morpholine rings is 1. The van der Waals surface area contributed by atoms with Gasteiger partial charge in [0, 0.05) is 70.6 Å². The molecule has 1 atom stereocenters. The Morgan fingerprint density at radius 2 is 0.962 bits per heavy atom. The first kappa shape index (κ1) is 91.8. The summed E-state index contributed by atoms with van der Waals surface area (Å²) >= 11 is 0. The van der Waals surface area contributed by atoms with Gasteiger partial charge < -0.3 is 59.9 Å². The average Bonchev–Trinajstić information content (AvgIpc) is 3.28. The first-order valence-corrected chi connectivity index (χ1v) is 29.7. The Bertz CT molecular complexity index is 1400. The van der Waals surface area contributed by atoms with E-state index in [9.17, 15) is 32.4 Å². The molecule has 1 aliphatic heterocycles. The highest BCUT2D eigenvalue weighted by Gasteiger charge is 2.17. The number of carboxylic acids is 1. The fourth-order valence-corrected chi connectivity index (χ4v) is 5.65. The average molecular weight is 1160 g/mol. The number of carbonyl (C=O) groups excluding carboxylic acids is 4. The van der Waals surface area contributed by atoms with Gasteiger partial charge in [-0.15, -0.1) is 0 Å². The van der Waals surface area contributed by atoms with Crippen LogP contribution in [0, 0.1) is 53.3 Å². The number of ether oxygens (including phenoxy) is 5. The molecule has 0 saturated carbocycles. The molecule has 1 rings (SSSR count). The van der Waals surface area contributed by atoms with E-state index in [4.69, 9.17) is 59.5 Å². The quantitative estimate of drug-likeness (QED) is 0.0275. The van der Waals surface area contributed by atoms with Crippen LogP contribution in [0.4, 0.5) is 0 Å². The highest BCUT2D eigenvalue weighted by molar-refractivity contribution is 7.85. The van der Waals surface area contributed by atoms with Crippen LogP contribution in [-0.2, 0) is 57.8 Å². The lowest BCUT2D eigenvalue weighted by molar-refractivity contribution is -0.138. The lowest BCUT2D eigenvalue weighted by Crippen LogP contribution is -2.41. The molecule has 0 aromatic heterocycles. The summed E-state index contributed by atoms with van der Waals surface area (Å²) in [5, 5.41) is 41.7. The maximum absolute atomic E-state index is 11.5. The summed E-state index contributed by atoms with van der Waals surface area (Å²) in [6.45, 7) is 46.5. The van der Waals surface area contributed by atoms with Gasteiger partial charge in [-0.25, -0.2) is 0 Å². The first-order valence-electron chi connectivity index (χ1n) is 28.1. The molecule has 0 aromatic rings. The number of aliphatic carboxylic acids is 1. The SMILES string of the molecule is CC(C)C(=O)COCCO.CC(C)CC(=O)N1CCOCC1.CC(C)CC(=O)O.CC(C)CC(N)=O.CC(C)CC(O)CO.CC(C)CCO.CC(C)CS(=O)(=O)O.CCOCCC(C)C.CCOCCOCC(=O)C(C)C. The second kappa shape index (κ2) is 65.1. The van der Waals surface area contributed by atoms with Gasteiger partial charge in [0.15, 0.2) is 11.6 Å². The first-order chi connectivity index (χ1) is 35.9. The Morgan fingerprint density at radius 1 is 0.551 bits per heavy atom. The molecule has 78 heavy (non-hydrogen) atoms. The van der Waals surface area contributed by atoms with E-state index in [1.54, 1.807) is 13.8 Å². The van der Waals surface area contributed by atoms with E-state index in [-0.39, 0.29) is 92.3 Å². The van der Waals surface area contributed by atoms with Gasteiger partial charge in [-0.1, -0.05) is 125 Å². The third kappa shape index (κ3) is 105. The Balaban J connectivity index is -0.000000119. The number of carbonyl (C=O) groups is 5. The third-order valence-corrected chi connectivity index (χ3v) is 10.1. The Morgan fingerprint density at radius 3 is 1.19 bits per heavy atom. The summed E-state index contributed by atoms with van der Waals surface area (Å²) in [5.74, 6) is 2.55. The summed E-state index contributed by atoms with van der Waals surface area (Å²) in [5.41, 5.74) is 4.85. The second-order valence-corrected chi connectivity index (χ2v) is 23.3. The molecule has 1 fully saturated rings. The molecule has 21 heteroatoms. The summed E-state index contributed by atoms with van der Waals surface area (Å²) in [6, 6.07) is 0. The fourth-order valence-electron chi connectivity index (χ4n) is 4.81. The molecule has 0 bridgehead atoms. The molecule has 2 amide bonds. The predicted molar refractivity (Wildman–Crippen MR) is 314 cm³/mol. The molecule has 0 aliphatic carbocycles. The highest BCUT2D eigenvalue weighted by Crippen LogP contribution is 2.07. The minimum atomic E-state index is -3.72. The predicted octanol–water partition coefficient (Wildman–Crippen LogP) is 8.02. The number of hydrogen-bond acceptors (Lipinski definition) is 16. The van der Waals surface area contributed by atoms with Crippen molar-refractivity contribution >= 4 is 39.5 Å². The smallest absolute Gasteiger partial charge is 0.303 e. The molecule has 0 radical (unpaired) electrons. The number of nitrogens with zero attached hydrogens (tertiary/aromatic N) is 1. The van der Waals surface area contributed by atoms with Crippen molar-refractivity contribution in [1.82, 2.24) is 4.90 Å². The third-order valence-electron chi connectivity index (χ3n) is 8.98. The maximum Gasteiger partial charge on any atom is 0.303 e. The minimum absolute atomic E-state index is 0.00463. The molecule has 474 valence electrons. The number of hydrogen-bond donors (Lipinski definition) is 7. The van der Waals surface area contributed by atoms with E-state index < -0.39 is 22.2 Å². The molecule has 0 spiro atoms. The van der Waals surface area contributed by atoms with Crippen LogP contribution in [0.5, 0.6) is 0 Å². The summed E-state index contributed by atoms with van der Waals surface area (Å²) < 4.78 is 53.4. The normalized spacial score (nSPS) is 12.2. The van der Waals surface area contributed by atoms with Crippen LogP contribution in [0.2, 0.25) is 0 Å². The van der Waals surface area contributed by atoms with Crippen molar-refractivity contribution in [3.05, 3.63) is 0 Å². The maximum atomic E-state index is 11.5. The van der Waals surface area contributed by atoms with Gasteiger partial charge in [-0.05, 0) is 74.5 Å². The molecule has 0 aromatic carbocycles. The van der Waals surface area contributed by atoms with Gasteiger partial charge in [0.05, 0.1) is 58.1 Å². The standard InChI is InChI=1S/C9H17NO2.C9H18O3.C7H14O3.C7H16O.C6H14O2.C5H11NO.C5H10O2.C5H12O.C4H10O3S/c1-8(2)7-9(11)10-3-5-12-6-4-10;1-4-11-5-6-12-7-9(10)8(2)3;1-6(2)7(9)5-10-4-3-8;1-4-8-6-5-7(2)3;1-5(2)3-6(8)4-7;2*1-4(2)3-5(6)7;1-5(2)3-4-6;1-4(2)3-8(5,6)7/h8H,3-7H2,1-2H3;8H,4-7H2,1-3H3;6,8H,3-5H2,1-2H3;7H,4-6H2,1-3H3;5-8H,3-4H2,1-2H3;4H,3H2,1-2H3,(H2,6,7);4H,3H2,1-2H3,(H,6,7);5-6H,3-4H2,1-2H3;4H,3H2,1-2H3,(H,5,6,7). The van der Waals surface area contributed by atoms with Gasteiger partial charge in [0.2, 0.25) is 11.8 Å². The van der Waals surface area contributed by atoms with Crippen molar-refractivity contribution in [2.45, 2.75) is 183 Å². The van der Waals surface area contributed by atoms with Gasteiger partial charge in [-0.2, -0.15) is 8.42 Å².